The highest BCUT2D eigenvalue weighted by Gasteiger charge is 2.26. The van der Waals surface area contributed by atoms with E-state index >= 15 is 0 Å². The Kier molecular flexibility index (Phi) is 2.78. The molecule has 0 unspecified atom stereocenters. The van der Waals surface area contributed by atoms with Gasteiger partial charge in [0, 0.05) is 17.0 Å². The van der Waals surface area contributed by atoms with Crippen molar-refractivity contribution < 1.29 is 9.52 Å². The van der Waals surface area contributed by atoms with E-state index in [-0.39, 0.29) is 5.75 Å². The number of para-hydroxylation sites is 1. The lowest BCUT2D eigenvalue weighted by Gasteiger charge is -2.34. The number of likely N-dealkylation sites (tertiary alicyclic amines) is 1. The second kappa shape index (κ2) is 4.32. The number of hydrogen-bond donors (Lipinski definition) is 1. The molecular weight excluding hydrogens is 226 g/mol. The number of aromatic hydroxyl groups is 1. The van der Waals surface area contributed by atoms with Crippen molar-refractivity contribution in [3.63, 3.8) is 0 Å². The van der Waals surface area contributed by atoms with E-state index in [0.717, 1.165) is 24.8 Å². The van der Waals surface area contributed by atoms with Gasteiger partial charge in [-0.2, -0.15) is 0 Å². The van der Waals surface area contributed by atoms with Gasteiger partial charge in [0.2, 0.25) is 0 Å². The monoisotopic (exact) mass is 245 g/mol. The summed E-state index contributed by atoms with van der Waals surface area (Å²) >= 11 is 0. The Bertz CT molecular complexity index is 561. The van der Waals surface area contributed by atoms with Crippen LogP contribution in [0.25, 0.3) is 11.0 Å². The number of nitrogens with zero attached hydrogens (tertiary/aromatic N) is 1. The molecule has 0 spiro atoms. The summed E-state index contributed by atoms with van der Waals surface area (Å²) in [5, 5.41) is 10.8. The lowest BCUT2D eigenvalue weighted by Crippen LogP contribution is -2.36. The molecule has 3 rings (SSSR count). The number of fused-ring (bicyclic) bond motifs is 1. The molecule has 1 aromatic heterocycles. The second-order valence-corrected chi connectivity index (χ2v) is 5.40. The van der Waals surface area contributed by atoms with Crippen LogP contribution in [0, 0.1) is 0 Å². The quantitative estimate of drug-likeness (QED) is 0.837. The van der Waals surface area contributed by atoms with Crippen molar-refractivity contribution in [2.45, 2.75) is 31.7 Å². The van der Waals surface area contributed by atoms with Crippen molar-refractivity contribution in [1.82, 2.24) is 4.90 Å². The van der Waals surface area contributed by atoms with Gasteiger partial charge < -0.3 is 14.4 Å². The summed E-state index contributed by atoms with van der Waals surface area (Å²) in [6.07, 6.45) is 4.14. The molecule has 1 fully saturated rings. The fourth-order valence-corrected chi connectivity index (χ4v) is 2.95. The zero-order valence-corrected chi connectivity index (χ0v) is 10.9. The zero-order chi connectivity index (χ0) is 12.7. The average molecular weight is 245 g/mol. The molecule has 1 saturated heterocycles. The Morgan fingerprint density at radius 2 is 2.22 bits per heavy atom. The van der Waals surface area contributed by atoms with E-state index in [1.807, 2.05) is 18.4 Å². The third kappa shape index (κ3) is 1.79. The molecule has 2 atom stereocenters. The molecule has 1 aliphatic rings. The maximum absolute atomic E-state index is 9.77. The normalized spacial score (nSPS) is 25.7. The van der Waals surface area contributed by atoms with Crippen LogP contribution in [0.1, 0.15) is 31.2 Å². The Morgan fingerprint density at radius 3 is 3.00 bits per heavy atom. The van der Waals surface area contributed by atoms with Crippen LogP contribution in [0.5, 0.6) is 5.75 Å². The molecule has 0 bridgehead atoms. The molecule has 0 saturated carbocycles. The molecule has 3 nitrogen and oxygen atoms in total. The van der Waals surface area contributed by atoms with Gasteiger partial charge in [-0.15, -0.1) is 0 Å². The van der Waals surface area contributed by atoms with Crippen molar-refractivity contribution in [3.05, 3.63) is 30.0 Å². The Hall–Kier alpha value is -1.48. The van der Waals surface area contributed by atoms with E-state index in [1.54, 1.807) is 6.07 Å². The molecule has 1 aromatic carbocycles. The summed E-state index contributed by atoms with van der Waals surface area (Å²) in [7, 11) is 2.18. The minimum atomic E-state index is 0.236. The molecule has 0 amide bonds. The number of piperidine rings is 1. The predicted molar refractivity (Wildman–Crippen MR) is 71.9 cm³/mol. The third-order valence-electron chi connectivity index (χ3n) is 4.26. The molecule has 1 N–H and O–H groups in total. The maximum Gasteiger partial charge on any atom is 0.175 e. The lowest BCUT2D eigenvalue weighted by molar-refractivity contribution is 0.183. The van der Waals surface area contributed by atoms with Crippen LogP contribution >= 0.6 is 0 Å². The summed E-state index contributed by atoms with van der Waals surface area (Å²) in [5.74, 6) is 0.777. The van der Waals surface area contributed by atoms with Crippen LogP contribution in [0.3, 0.4) is 0 Å². The fourth-order valence-electron chi connectivity index (χ4n) is 2.95. The van der Waals surface area contributed by atoms with Gasteiger partial charge >= 0.3 is 0 Å². The first-order valence-corrected chi connectivity index (χ1v) is 6.56. The van der Waals surface area contributed by atoms with Crippen molar-refractivity contribution in [2.75, 3.05) is 13.6 Å². The molecule has 2 heterocycles. The minimum Gasteiger partial charge on any atom is -0.504 e. The van der Waals surface area contributed by atoms with Gasteiger partial charge in [0.15, 0.2) is 11.3 Å². The second-order valence-electron chi connectivity index (χ2n) is 5.40. The largest absolute Gasteiger partial charge is 0.504 e. The van der Waals surface area contributed by atoms with Gasteiger partial charge in [0.05, 0.1) is 6.26 Å². The number of hydrogen-bond acceptors (Lipinski definition) is 3. The van der Waals surface area contributed by atoms with Crippen LogP contribution in [-0.2, 0) is 0 Å². The van der Waals surface area contributed by atoms with E-state index in [4.69, 9.17) is 4.42 Å². The van der Waals surface area contributed by atoms with Gasteiger partial charge in [-0.3, -0.25) is 0 Å². The highest BCUT2D eigenvalue weighted by atomic mass is 16.3. The number of furan rings is 1. The molecule has 3 heteroatoms. The highest BCUT2D eigenvalue weighted by molar-refractivity contribution is 5.86. The molecule has 18 heavy (non-hydrogen) atoms. The van der Waals surface area contributed by atoms with Crippen LogP contribution in [-0.4, -0.2) is 29.6 Å². The number of benzene rings is 1. The third-order valence-corrected chi connectivity index (χ3v) is 4.26. The topological polar surface area (TPSA) is 36.6 Å². The van der Waals surface area contributed by atoms with Crippen molar-refractivity contribution in [1.29, 1.82) is 0 Å². The molecule has 0 aliphatic carbocycles. The standard InChI is InChI=1S/C15H19NO2/c1-10-8-11(6-7-16(10)2)13-9-18-15-12(13)4-3-5-14(15)17/h3-5,9-11,17H,6-8H2,1-2H3/t10-,11-/m0/s1. The molecule has 0 radical (unpaired) electrons. The number of phenolic OH excluding ortho intramolecular Hbond substituents is 1. The molecular formula is C15H19NO2. The molecule has 96 valence electrons. The van der Waals surface area contributed by atoms with Crippen molar-refractivity contribution >= 4 is 11.0 Å². The molecule has 1 aliphatic heterocycles. The smallest absolute Gasteiger partial charge is 0.175 e. The Morgan fingerprint density at radius 1 is 1.39 bits per heavy atom. The van der Waals surface area contributed by atoms with E-state index in [0.29, 0.717) is 17.5 Å². The van der Waals surface area contributed by atoms with Crippen molar-refractivity contribution in [2.24, 2.45) is 0 Å². The number of rotatable bonds is 1. The van der Waals surface area contributed by atoms with Gasteiger partial charge in [0.25, 0.3) is 0 Å². The van der Waals surface area contributed by atoms with E-state index < -0.39 is 0 Å². The van der Waals surface area contributed by atoms with E-state index in [1.165, 1.54) is 5.56 Å². The van der Waals surface area contributed by atoms with Gasteiger partial charge in [-0.1, -0.05) is 12.1 Å². The average Bonchev–Trinajstić information content (AvgIpc) is 2.78. The predicted octanol–water partition coefficient (Wildman–Crippen LogP) is 3.34. The van der Waals surface area contributed by atoms with E-state index in [2.05, 4.69) is 18.9 Å². The van der Waals surface area contributed by atoms with E-state index in [9.17, 15) is 5.11 Å². The van der Waals surface area contributed by atoms with Crippen molar-refractivity contribution in [3.8, 4) is 5.75 Å². The summed E-state index contributed by atoms with van der Waals surface area (Å²) in [6.45, 7) is 3.39. The Balaban J connectivity index is 1.98. The van der Waals surface area contributed by atoms with Gasteiger partial charge in [-0.25, -0.2) is 0 Å². The van der Waals surface area contributed by atoms with Gasteiger partial charge in [0.1, 0.15) is 0 Å². The summed E-state index contributed by atoms with van der Waals surface area (Å²) in [6, 6.07) is 6.20. The van der Waals surface area contributed by atoms with Crippen LogP contribution in [0.15, 0.2) is 28.9 Å². The van der Waals surface area contributed by atoms with Crippen LogP contribution < -0.4 is 0 Å². The fraction of sp³-hybridized carbons (Fsp3) is 0.467. The summed E-state index contributed by atoms with van der Waals surface area (Å²) < 4.78 is 5.53. The van der Waals surface area contributed by atoms with Crippen LogP contribution in [0.4, 0.5) is 0 Å². The van der Waals surface area contributed by atoms with Gasteiger partial charge in [-0.05, 0) is 45.3 Å². The lowest BCUT2D eigenvalue weighted by atomic mass is 9.86. The summed E-state index contributed by atoms with van der Waals surface area (Å²) in [4.78, 5) is 2.40. The first-order valence-electron chi connectivity index (χ1n) is 6.56. The highest BCUT2D eigenvalue weighted by Crippen LogP contribution is 2.38. The Labute approximate surface area is 107 Å². The minimum absolute atomic E-state index is 0.236. The first-order chi connectivity index (χ1) is 8.66. The molecule has 2 aromatic rings. The maximum atomic E-state index is 9.77. The SMILES string of the molecule is C[C@H]1C[C@@H](c2coc3c(O)cccc23)CCN1C. The van der Waals surface area contributed by atoms with Crippen LogP contribution in [0.2, 0.25) is 0 Å². The number of phenols is 1. The summed E-state index contributed by atoms with van der Waals surface area (Å²) in [5.41, 5.74) is 1.87. The first kappa shape index (κ1) is 11.6. The zero-order valence-electron chi connectivity index (χ0n) is 10.9.